The lowest BCUT2D eigenvalue weighted by Crippen LogP contribution is -2.46. The molecule has 20 heavy (non-hydrogen) atoms. The molecule has 0 amide bonds. The van der Waals surface area contributed by atoms with E-state index in [4.69, 9.17) is 5.73 Å². The second-order valence-electron chi connectivity index (χ2n) is 5.05. The van der Waals surface area contributed by atoms with Crippen molar-refractivity contribution < 1.29 is 0 Å². The highest BCUT2D eigenvalue weighted by atomic mass is 32.1. The number of nitrogens with zero attached hydrogens (tertiary/aromatic N) is 3. The number of benzene rings is 1. The molecule has 1 fully saturated rings. The van der Waals surface area contributed by atoms with E-state index in [0.29, 0.717) is 6.54 Å². The van der Waals surface area contributed by atoms with Crippen LogP contribution in [0, 0.1) is 0 Å². The lowest BCUT2D eigenvalue weighted by Gasteiger charge is -2.34. The fourth-order valence-electron chi connectivity index (χ4n) is 2.62. The summed E-state index contributed by atoms with van der Waals surface area (Å²) in [6.45, 7) is 5.89. The molecule has 0 saturated carbocycles. The predicted molar refractivity (Wildman–Crippen MR) is 83.9 cm³/mol. The molecule has 2 N–H and O–H groups in total. The number of hydrogen-bond acceptors (Lipinski definition) is 5. The molecule has 1 aliphatic heterocycles. The summed E-state index contributed by atoms with van der Waals surface area (Å²) >= 11 is 1.72. The monoisotopic (exact) mass is 288 g/mol. The molecule has 1 aliphatic rings. The summed E-state index contributed by atoms with van der Waals surface area (Å²) in [4.78, 5) is 9.26. The van der Waals surface area contributed by atoms with E-state index in [9.17, 15) is 0 Å². The lowest BCUT2D eigenvalue weighted by atomic mass is 10.1. The van der Waals surface area contributed by atoms with Gasteiger partial charge in [0, 0.05) is 50.8 Å². The van der Waals surface area contributed by atoms with Gasteiger partial charge < -0.3 is 10.6 Å². The zero-order valence-electron chi connectivity index (χ0n) is 11.5. The number of rotatable bonds is 4. The normalized spacial score (nSPS) is 16.6. The molecule has 0 radical (unpaired) electrons. The van der Waals surface area contributed by atoms with Gasteiger partial charge in [-0.15, -0.1) is 11.3 Å². The number of hydrogen-bond donors (Lipinski definition) is 1. The van der Waals surface area contributed by atoms with Gasteiger partial charge in [-0.05, 0) is 11.1 Å². The largest absolute Gasteiger partial charge is 0.346 e. The summed E-state index contributed by atoms with van der Waals surface area (Å²) in [5, 5.41) is 3.19. The zero-order valence-corrected chi connectivity index (χ0v) is 12.4. The molecule has 1 saturated heterocycles. The second-order valence-corrected chi connectivity index (χ2v) is 5.92. The Morgan fingerprint density at radius 2 is 1.85 bits per heavy atom. The van der Waals surface area contributed by atoms with Crippen LogP contribution in [0.2, 0.25) is 0 Å². The van der Waals surface area contributed by atoms with Crippen LogP contribution in [0.25, 0.3) is 0 Å². The Morgan fingerprint density at radius 3 is 2.50 bits per heavy atom. The zero-order chi connectivity index (χ0) is 13.8. The Kier molecular flexibility index (Phi) is 4.30. The van der Waals surface area contributed by atoms with Crippen molar-refractivity contribution in [2.75, 3.05) is 31.1 Å². The minimum absolute atomic E-state index is 0.620. The fraction of sp³-hybridized carbons (Fsp3) is 0.400. The standard InChI is InChI=1S/C15H20N4S/c16-11-13-3-1-2-4-14(13)12-18-6-8-19(9-7-18)15-17-5-10-20-15/h1-5,10H,6-9,11-12,16H2. The van der Waals surface area contributed by atoms with E-state index in [1.165, 1.54) is 11.1 Å². The summed E-state index contributed by atoms with van der Waals surface area (Å²) in [5.74, 6) is 0. The van der Waals surface area contributed by atoms with Gasteiger partial charge in [-0.3, -0.25) is 4.90 Å². The van der Waals surface area contributed by atoms with Crippen LogP contribution < -0.4 is 10.6 Å². The van der Waals surface area contributed by atoms with Gasteiger partial charge in [-0.1, -0.05) is 24.3 Å². The van der Waals surface area contributed by atoms with Crippen LogP contribution in [0.5, 0.6) is 0 Å². The Morgan fingerprint density at radius 1 is 1.10 bits per heavy atom. The summed E-state index contributed by atoms with van der Waals surface area (Å²) < 4.78 is 0. The molecule has 106 valence electrons. The summed E-state index contributed by atoms with van der Waals surface area (Å²) in [6, 6.07) is 8.48. The maximum absolute atomic E-state index is 5.81. The molecule has 0 spiro atoms. The third-order valence-electron chi connectivity index (χ3n) is 3.79. The Bertz CT molecular complexity index is 533. The molecular formula is C15H20N4S. The summed E-state index contributed by atoms with van der Waals surface area (Å²) in [7, 11) is 0. The van der Waals surface area contributed by atoms with Crippen LogP contribution in [-0.2, 0) is 13.1 Å². The molecule has 2 heterocycles. The number of nitrogens with two attached hydrogens (primary N) is 1. The molecule has 4 nitrogen and oxygen atoms in total. The van der Waals surface area contributed by atoms with Crippen LogP contribution in [0.3, 0.4) is 0 Å². The Hall–Kier alpha value is -1.43. The van der Waals surface area contributed by atoms with Crippen molar-refractivity contribution in [1.29, 1.82) is 0 Å². The van der Waals surface area contributed by atoms with Crippen molar-refractivity contribution in [3.05, 3.63) is 47.0 Å². The van der Waals surface area contributed by atoms with Crippen LogP contribution >= 0.6 is 11.3 Å². The molecule has 3 rings (SSSR count). The summed E-state index contributed by atoms with van der Waals surface area (Å²) in [5.41, 5.74) is 8.43. The van der Waals surface area contributed by atoms with Crippen LogP contribution in [0.1, 0.15) is 11.1 Å². The number of piperazine rings is 1. The number of thiazole rings is 1. The Balaban J connectivity index is 1.58. The molecule has 1 aromatic carbocycles. The fourth-order valence-corrected chi connectivity index (χ4v) is 3.32. The molecular weight excluding hydrogens is 268 g/mol. The maximum atomic E-state index is 5.81. The van der Waals surface area contributed by atoms with E-state index >= 15 is 0 Å². The van der Waals surface area contributed by atoms with Gasteiger partial charge in [-0.2, -0.15) is 0 Å². The van der Waals surface area contributed by atoms with Crippen LogP contribution in [-0.4, -0.2) is 36.1 Å². The van der Waals surface area contributed by atoms with Crippen molar-refractivity contribution in [2.45, 2.75) is 13.1 Å². The van der Waals surface area contributed by atoms with Crippen molar-refractivity contribution >= 4 is 16.5 Å². The van der Waals surface area contributed by atoms with Gasteiger partial charge in [0.1, 0.15) is 0 Å². The Labute approximate surface area is 123 Å². The minimum atomic E-state index is 0.620. The highest BCUT2D eigenvalue weighted by molar-refractivity contribution is 7.13. The van der Waals surface area contributed by atoms with Crippen molar-refractivity contribution in [2.24, 2.45) is 5.73 Å². The highest BCUT2D eigenvalue weighted by Crippen LogP contribution is 2.20. The van der Waals surface area contributed by atoms with Crippen molar-refractivity contribution in [1.82, 2.24) is 9.88 Å². The van der Waals surface area contributed by atoms with Crippen LogP contribution in [0.15, 0.2) is 35.8 Å². The SMILES string of the molecule is NCc1ccccc1CN1CCN(c2nccs2)CC1. The van der Waals surface area contributed by atoms with Crippen molar-refractivity contribution in [3.8, 4) is 0 Å². The first-order valence-electron chi connectivity index (χ1n) is 7.00. The maximum Gasteiger partial charge on any atom is 0.185 e. The number of aromatic nitrogens is 1. The molecule has 1 aromatic heterocycles. The van der Waals surface area contributed by atoms with Crippen LogP contribution in [0.4, 0.5) is 5.13 Å². The molecule has 0 atom stereocenters. The molecule has 0 unspecified atom stereocenters. The smallest absolute Gasteiger partial charge is 0.185 e. The molecule has 0 aliphatic carbocycles. The third-order valence-corrected chi connectivity index (χ3v) is 4.63. The highest BCUT2D eigenvalue weighted by Gasteiger charge is 2.19. The van der Waals surface area contributed by atoms with E-state index < -0.39 is 0 Å². The first-order chi connectivity index (χ1) is 9.86. The van der Waals surface area contributed by atoms with Gasteiger partial charge in [0.15, 0.2) is 5.13 Å². The summed E-state index contributed by atoms with van der Waals surface area (Å²) in [6.07, 6.45) is 1.88. The predicted octanol–water partition coefficient (Wildman–Crippen LogP) is 1.92. The second kappa shape index (κ2) is 6.35. The van der Waals surface area contributed by atoms with Gasteiger partial charge in [-0.25, -0.2) is 4.98 Å². The average molecular weight is 288 g/mol. The molecule has 0 bridgehead atoms. The van der Waals surface area contributed by atoms with E-state index in [2.05, 4.69) is 39.0 Å². The quantitative estimate of drug-likeness (QED) is 0.933. The minimum Gasteiger partial charge on any atom is -0.346 e. The van der Waals surface area contributed by atoms with Crippen molar-refractivity contribution in [3.63, 3.8) is 0 Å². The van der Waals surface area contributed by atoms with Gasteiger partial charge in [0.05, 0.1) is 0 Å². The topological polar surface area (TPSA) is 45.4 Å². The van der Waals surface area contributed by atoms with E-state index in [-0.39, 0.29) is 0 Å². The van der Waals surface area contributed by atoms with E-state index in [1.807, 2.05) is 11.6 Å². The van der Waals surface area contributed by atoms with Gasteiger partial charge in [0.2, 0.25) is 0 Å². The van der Waals surface area contributed by atoms with Gasteiger partial charge >= 0.3 is 0 Å². The van der Waals surface area contributed by atoms with E-state index in [0.717, 1.165) is 37.9 Å². The molecule has 5 heteroatoms. The van der Waals surface area contributed by atoms with E-state index in [1.54, 1.807) is 11.3 Å². The number of anilines is 1. The average Bonchev–Trinajstić information content (AvgIpc) is 3.03. The molecule has 2 aromatic rings. The first-order valence-corrected chi connectivity index (χ1v) is 7.88. The third kappa shape index (κ3) is 3.00. The van der Waals surface area contributed by atoms with Gasteiger partial charge in [0.25, 0.3) is 0 Å². The first kappa shape index (κ1) is 13.5. The lowest BCUT2D eigenvalue weighted by molar-refractivity contribution is 0.249.